The Morgan fingerprint density at radius 3 is 2.22 bits per heavy atom. The van der Waals surface area contributed by atoms with E-state index in [4.69, 9.17) is 16.3 Å². The fraction of sp³-hybridized carbons (Fsp3) is 0.286. The number of carbonyl (C=O) groups excluding carboxylic acids is 2. The SMILES string of the molecule is CCOC(=O)C1CCN(C(=O)c2ccc(N(Cc3ccc(Cl)cc3)S(=O)c3ccccc3)cc2)CC1. The molecule has 1 atom stereocenters. The molecular formula is C28H29ClN2O4S. The Balaban J connectivity index is 1.50. The van der Waals surface area contributed by atoms with Gasteiger partial charge >= 0.3 is 5.97 Å². The maximum absolute atomic E-state index is 13.5. The summed E-state index contributed by atoms with van der Waals surface area (Å²) in [7, 11) is -1.45. The van der Waals surface area contributed by atoms with Crippen molar-refractivity contribution in [1.82, 2.24) is 4.90 Å². The molecule has 1 heterocycles. The quantitative estimate of drug-likeness (QED) is 0.366. The average Bonchev–Trinajstić information content (AvgIpc) is 2.93. The van der Waals surface area contributed by atoms with Crippen molar-refractivity contribution >= 4 is 40.2 Å². The van der Waals surface area contributed by atoms with Gasteiger partial charge in [0.25, 0.3) is 5.91 Å². The van der Waals surface area contributed by atoms with Gasteiger partial charge < -0.3 is 9.64 Å². The van der Waals surface area contributed by atoms with Crippen LogP contribution in [0.15, 0.2) is 83.8 Å². The summed E-state index contributed by atoms with van der Waals surface area (Å²) in [6, 6.07) is 23.9. The van der Waals surface area contributed by atoms with Gasteiger partial charge in [0.05, 0.1) is 29.7 Å². The molecule has 6 nitrogen and oxygen atoms in total. The summed E-state index contributed by atoms with van der Waals surface area (Å²) in [5.74, 6) is -0.399. The molecule has 188 valence electrons. The second-order valence-corrected chi connectivity index (χ2v) is 10.4. The van der Waals surface area contributed by atoms with Crippen LogP contribution in [-0.4, -0.2) is 40.7 Å². The number of halogens is 1. The molecule has 0 spiro atoms. The van der Waals surface area contributed by atoms with Crippen LogP contribution < -0.4 is 4.31 Å². The predicted molar refractivity (Wildman–Crippen MR) is 142 cm³/mol. The largest absolute Gasteiger partial charge is 0.466 e. The van der Waals surface area contributed by atoms with Gasteiger partial charge in [-0.1, -0.05) is 41.9 Å². The van der Waals surface area contributed by atoms with Gasteiger partial charge in [-0.3, -0.25) is 13.9 Å². The van der Waals surface area contributed by atoms with E-state index in [0.717, 1.165) is 11.3 Å². The van der Waals surface area contributed by atoms with Crippen LogP contribution in [0, 0.1) is 5.92 Å². The van der Waals surface area contributed by atoms with Gasteiger partial charge in [0.15, 0.2) is 11.0 Å². The second-order valence-electron chi connectivity index (χ2n) is 8.59. The summed E-state index contributed by atoms with van der Waals surface area (Å²) in [4.78, 5) is 27.5. The van der Waals surface area contributed by atoms with Gasteiger partial charge in [0.2, 0.25) is 0 Å². The molecule has 1 aliphatic heterocycles. The number of esters is 1. The Bertz CT molecular complexity index is 1190. The lowest BCUT2D eigenvalue weighted by atomic mass is 9.96. The molecule has 0 aliphatic carbocycles. The van der Waals surface area contributed by atoms with Crippen LogP contribution in [-0.2, 0) is 27.1 Å². The Hall–Kier alpha value is -3.16. The van der Waals surface area contributed by atoms with Crippen LogP contribution >= 0.6 is 11.6 Å². The van der Waals surface area contributed by atoms with Gasteiger partial charge in [-0.25, -0.2) is 4.21 Å². The Morgan fingerprint density at radius 2 is 1.61 bits per heavy atom. The van der Waals surface area contributed by atoms with Gasteiger partial charge in [-0.15, -0.1) is 0 Å². The number of hydrogen-bond acceptors (Lipinski definition) is 4. The van der Waals surface area contributed by atoms with E-state index in [9.17, 15) is 13.8 Å². The second kappa shape index (κ2) is 12.2. The topological polar surface area (TPSA) is 66.9 Å². The number of anilines is 1. The molecule has 1 unspecified atom stereocenters. The van der Waals surface area contributed by atoms with Gasteiger partial charge in [0, 0.05) is 23.7 Å². The molecule has 36 heavy (non-hydrogen) atoms. The molecule has 0 aromatic heterocycles. The molecule has 4 rings (SSSR count). The lowest BCUT2D eigenvalue weighted by molar-refractivity contribution is -0.149. The third kappa shape index (κ3) is 6.33. The zero-order chi connectivity index (χ0) is 25.5. The molecule has 1 aliphatic rings. The molecule has 1 saturated heterocycles. The lowest BCUT2D eigenvalue weighted by Crippen LogP contribution is -2.40. The molecule has 3 aromatic rings. The number of amides is 1. The van der Waals surface area contributed by atoms with Crippen molar-refractivity contribution in [1.29, 1.82) is 0 Å². The minimum absolute atomic E-state index is 0.0720. The van der Waals surface area contributed by atoms with Crippen molar-refractivity contribution in [2.24, 2.45) is 5.92 Å². The van der Waals surface area contributed by atoms with Crippen molar-refractivity contribution in [3.8, 4) is 0 Å². The van der Waals surface area contributed by atoms with E-state index >= 15 is 0 Å². The number of ether oxygens (including phenoxy) is 1. The third-order valence-corrected chi connectivity index (χ3v) is 7.86. The molecule has 3 aromatic carbocycles. The highest BCUT2D eigenvalue weighted by Crippen LogP contribution is 2.26. The van der Waals surface area contributed by atoms with E-state index in [1.165, 1.54) is 0 Å². The van der Waals surface area contributed by atoms with E-state index < -0.39 is 11.0 Å². The molecule has 0 N–H and O–H groups in total. The number of rotatable bonds is 8. The van der Waals surface area contributed by atoms with E-state index in [1.54, 1.807) is 28.3 Å². The zero-order valence-corrected chi connectivity index (χ0v) is 21.7. The number of benzene rings is 3. The van der Waals surface area contributed by atoms with Crippen molar-refractivity contribution in [3.05, 3.63) is 95.0 Å². The van der Waals surface area contributed by atoms with E-state index in [0.29, 0.717) is 54.6 Å². The number of nitrogens with zero attached hydrogens (tertiary/aromatic N) is 2. The molecule has 8 heteroatoms. The Kier molecular flexibility index (Phi) is 8.78. The standard InChI is InChI=1S/C28H29ClN2O4S/c1-2-35-28(33)23-16-18-30(19-17-23)27(32)22-10-14-25(15-11-22)31(20-21-8-12-24(29)13-9-21)36(34)26-6-4-3-5-7-26/h3-15,23H,2,16-20H2,1H3. The highest BCUT2D eigenvalue weighted by Gasteiger charge is 2.28. The van der Waals surface area contributed by atoms with Gasteiger partial charge in [0.1, 0.15) is 0 Å². The highest BCUT2D eigenvalue weighted by atomic mass is 35.5. The van der Waals surface area contributed by atoms with Crippen molar-refractivity contribution in [3.63, 3.8) is 0 Å². The van der Waals surface area contributed by atoms with Gasteiger partial charge in [-0.05, 0) is 73.9 Å². The number of carbonyl (C=O) groups is 2. The monoisotopic (exact) mass is 524 g/mol. The first-order chi connectivity index (χ1) is 17.5. The van der Waals surface area contributed by atoms with Crippen LogP contribution in [0.1, 0.15) is 35.7 Å². The van der Waals surface area contributed by atoms with Crippen LogP contribution in [0.4, 0.5) is 5.69 Å². The van der Waals surface area contributed by atoms with Crippen molar-refractivity contribution < 1.29 is 18.5 Å². The first-order valence-electron chi connectivity index (χ1n) is 12.0. The fourth-order valence-corrected chi connectivity index (χ4v) is 5.55. The molecule has 0 saturated carbocycles. The summed E-state index contributed by atoms with van der Waals surface area (Å²) in [5, 5.41) is 0.642. The number of likely N-dealkylation sites (tertiary alicyclic amines) is 1. The first-order valence-corrected chi connectivity index (χ1v) is 13.5. The summed E-state index contributed by atoms with van der Waals surface area (Å²) in [6.07, 6.45) is 1.21. The Labute approximate surface area is 219 Å². The molecule has 1 amide bonds. The minimum Gasteiger partial charge on any atom is -0.466 e. The highest BCUT2D eigenvalue weighted by molar-refractivity contribution is 7.86. The van der Waals surface area contributed by atoms with Crippen LogP contribution in [0.5, 0.6) is 0 Å². The van der Waals surface area contributed by atoms with Crippen molar-refractivity contribution in [2.75, 3.05) is 24.0 Å². The molecule has 1 fully saturated rings. The normalized spacial score (nSPS) is 14.8. The maximum Gasteiger partial charge on any atom is 0.309 e. The van der Waals surface area contributed by atoms with E-state index in [2.05, 4.69) is 0 Å². The van der Waals surface area contributed by atoms with Crippen molar-refractivity contribution in [2.45, 2.75) is 31.2 Å². The lowest BCUT2D eigenvalue weighted by Gasteiger charge is -2.31. The summed E-state index contributed by atoms with van der Waals surface area (Å²) in [6.45, 7) is 3.61. The third-order valence-electron chi connectivity index (χ3n) is 6.19. The maximum atomic E-state index is 13.5. The minimum atomic E-state index is -1.45. The number of hydrogen-bond donors (Lipinski definition) is 0. The van der Waals surface area contributed by atoms with Crippen LogP contribution in [0.3, 0.4) is 0 Å². The predicted octanol–water partition coefficient (Wildman–Crippen LogP) is 5.48. The molecular weight excluding hydrogens is 496 g/mol. The van der Waals surface area contributed by atoms with Crippen LogP contribution in [0.25, 0.3) is 0 Å². The number of piperidine rings is 1. The van der Waals surface area contributed by atoms with Crippen LogP contribution in [0.2, 0.25) is 5.02 Å². The molecule has 0 bridgehead atoms. The summed E-state index contributed by atoms with van der Waals surface area (Å²) < 4.78 is 20.4. The van der Waals surface area contributed by atoms with E-state index in [1.807, 2.05) is 66.7 Å². The smallest absolute Gasteiger partial charge is 0.309 e. The first kappa shape index (κ1) is 25.9. The summed E-state index contributed by atoms with van der Waals surface area (Å²) in [5.41, 5.74) is 2.27. The zero-order valence-electron chi connectivity index (χ0n) is 20.1. The fourth-order valence-electron chi connectivity index (χ4n) is 4.20. The Morgan fingerprint density at radius 1 is 0.972 bits per heavy atom. The van der Waals surface area contributed by atoms with Gasteiger partial charge in [-0.2, -0.15) is 0 Å². The van der Waals surface area contributed by atoms with E-state index in [-0.39, 0.29) is 17.8 Å². The summed E-state index contributed by atoms with van der Waals surface area (Å²) >= 11 is 6.04. The average molecular weight is 525 g/mol. The molecule has 0 radical (unpaired) electrons.